The fourth-order valence-electron chi connectivity index (χ4n) is 2.80. The molecule has 6 heteroatoms. The van der Waals surface area contributed by atoms with Gasteiger partial charge < -0.3 is 15.0 Å². The fourth-order valence-corrected chi connectivity index (χ4v) is 2.80. The molecule has 1 aliphatic heterocycles. The van der Waals surface area contributed by atoms with E-state index in [1.807, 2.05) is 24.3 Å². The lowest BCUT2D eigenvalue weighted by Gasteiger charge is -2.34. The van der Waals surface area contributed by atoms with E-state index in [9.17, 15) is 0 Å². The molecule has 2 unspecified atom stereocenters. The van der Waals surface area contributed by atoms with Crippen molar-refractivity contribution in [1.29, 1.82) is 0 Å². The van der Waals surface area contributed by atoms with Crippen LogP contribution in [0.5, 0.6) is 0 Å². The Hall–Kier alpha value is -2.05. The molecule has 6 nitrogen and oxygen atoms in total. The van der Waals surface area contributed by atoms with Crippen molar-refractivity contribution in [2.24, 2.45) is 0 Å². The van der Waals surface area contributed by atoms with Gasteiger partial charge >= 0.3 is 0 Å². The second kappa shape index (κ2) is 7.68. The summed E-state index contributed by atoms with van der Waals surface area (Å²) in [6, 6.07) is 7.96. The number of likely N-dealkylation sites (N-methyl/N-ethyl adjacent to an activating group) is 1. The summed E-state index contributed by atoms with van der Waals surface area (Å²) >= 11 is 0. The van der Waals surface area contributed by atoms with Crippen LogP contribution in [0.2, 0.25) is 0 Å². The van der Waals surface area contributed by atoms with Crippen LogP contribution in [-0.2, 0) is 11.2 Å². The molecule has 0 amide bonds. The van der Waals surface area contributed by atoms with E-state index >= 15 is 0 Å². The third-order valence-corrected chi connectivity index (χ3v) is 4.27. The standard InChI is InChI=1S/C18H25N5O/c1-4-14-11-17(20-13(2)16-12-23(3)9-10-24-16)22-18(21-14)15-7-5-6-8-19-15/h5-8,11,13,16H,4,9-10,12H2,1-3H3,(H,20,21,22). The minimum Gasteiger partial charge on any atom is -0.373 e. The van der Waals surface area contributed by atoms with Crippen LogP contribution in [0.4, 0.5) is 5.82 Å². The number of rotatable bonds is 5. The number of nitrogens with zero attached hydrogens (tertiary/aromatic N) is 4. The number of morpholine rings is 1. The summed E-state index contributed by atoms with van der Waals surface area (Å²) < 4.78 is 5.89. The van der Waals surface area contributed by atoms with E-state index in [0.29, 0.717) is 5.82 Å². The molecule has 1 fully saturated rings. The smallest absolute Gasteiger partial charge is 0.180 e. The molecule has 3 heterocycles. The average Bonchev–Trinajstić information content (AvgIpc) is 2.62. The fraction of sp³-hybridized carbons (Fsp3) is 0.500. The second-order valence-electron chi connectivity index (χ2n) is 6.24. The van der Waals surface area contributed by atoms with E-state index in [-0.39, 0.29) is 12.1 Å². The summed E-state index contributed by atoms with van der Waals surface area (Å²) in [5.41, 5.74) is 1.79. The number of hydrogen-bond acceptors (Lipinski definition) is 6. The molecule has 1 saturated heterocycles. The number of hydrogen-bond donors (Lipinski definition) is 1. The topological polar surface area (TPSA) is 63.2 Å². The molecule has 128 valence electrons. The van der Waals surface area contributed by atoms with E-state index in [1.54, 1.807) is 6.20 Å². The van der Waals surface area contributed by atoms with Gasteiger partial charge in [0.05, 0.1) is 18.8 Å². The minimum absolute atomic E-state index is 0.155. The molecule has 0 saturated carbocycles. The van der Waals surface area contributed by atoms with Crippen molar-refractivity contribution in [3.63, 3.8) is 0 Å². The van der Waals surface area contributed by atoms with Crippen LogP contribution in [0, 0.1) is 0 Å². The van der Waals surface area contributed by atoms with Crippen LogP contribution in [0.25, 0.3) is 11.5 Å². The first-order chi connectivity index (χ1) is 11.7. The van der Waals surface area contributed by atoms with Crippen molar-refractivity contribution in [2.45, 2.75) is 32.4 Å². The van der Waals surface area contributed by atoms with Crippen LogP contribution < -0.4 is 5.32 Å². The molecule has 0 bridgehead atoms. The van der Waals surface area contributed by atoms with Crippen molar-refractivity contribution >= 4 is 5.82 Å². The summed E-state index contributed by atoms with van der Waals surface area (Å²) in [6.07, 6.45) is 2.77. The molecular weight excluding hydrogens is 302 g/mol. The molecule has 2 aromatic rings. The quantitative estimate of drug-likeness (QED) is 0.908. The summed E-state index contributed by atoms with van der Waals surface area (Å²) in [7, 11) is 2.13. The normalized spacial score (nSPS) is 19.9. The van der Waals surface area contributed by atoms with Crippen LogP contribution in [0.3, 0.4) is 0 Å². The van der Waals surface area contributed by atoms with Gasteiger partial charge in [-0.15, -0.1) is 0 Å². The zero-order chi connectivity index (χ0) is 16.9. The van der Waals surface area contributed by atoms with Crippen LogP contribution >= 0.6 is 0 Å². The first-order valence-corrected chi connectivity index (χ1v) is 8.51. The number of pyridine rings is 1. The predicted molar refractivity (Wildman–Crippen MR) is 95.0 cm³/mol. The predicted octanol–water partition coefficient (Wildman–Crippen LogP) is 2.23. The Labute approximate surface area is 143 Å². The Kier molecular flexibility index (Phi) is 5.37. The number of aryl methyl sites for hydroxylation is 1. The molecular formula is C18H25N5O. The van der Waals surface area contributed by atoms with E-state index in [4.69, 9.17) is 4.74 Å². The molecule has 0 spiro atoms. The molecule has 24 heavy (non-hydrogen) atoms. The first-order valence-electron chi connectivity index (χ1n) is 8.51. The highest BCUT2D eigenvalue weighted by Gasteiger charge is 2.24. The average molecular weight is 327 g/mol. The van der Waals surface area contributed by atoms with Gasteiger partial charge in [0.25, 0.3) is 0 Å². The SMILES string of the molecule is CCc1cc(NC(C)C2CN(C)CCO2)nc(-c2ccccn2)n1. The maximum absolute atomic E-state index is 5.89. The summed E-state index contributed by atoms with van der Waals surface area (Å²) in [4.78, 5) is 15.9. The number of nitrogens with one attached hydrogen (secondary N) is 1. The zero-order valence-electron chi connectivity index (χ0n) is 14.6. The van der Waals surface area contributed by atoms with Crippen molar-refractivity contribution < 1.29 is 4.74 Å². The minimum atomic E-state index is 0.155. The van der Waals surface area contributed by atoms with E-state index in [0.717, 1.165) is 43.3 Å². The highest BCUT2D eigenvalue weighted by molar-refractivity contribution is 5.53. The molecule has 0 aromatic carbocycles. The van der Waals surface area contributed by atoms with Crippen molar-refractivity contribution in [3.8, 4) is 11.5 Å². The molecule has 0 aliphatic carbocycles. The summed E-state index contributed by atoms with van der Waals surface area (Å²) in [5.74, 6) is 1.48. The van der Waals surface area contributed by atoms with Gasteiger partial charge in [0, 0.05) is 31.0 Å². The van der Waals surface area contributed by atoms with E-state index in [1.165, 1.54) is 0 Å². The van der Waals surface area contributed by atoms with Gasteiger partial charge in [0.2, 0.25) is 0 Å². The zero-order valence-corrected chi connectivity index (χ0v) is 14.6. The van der Waals surface area contributed by atoms with Gasteiger partial charge in [-0.3, -0.25) is 4.98 Å². The Morgan fingerprint density at radius 3 is 2.96 bits per heavy atom. The molecule has 1 aliphatic rings. The molecule has 0 radical (unpaired) electrons. The Balaban J connectivity index is 1.79. The lowest BCUT2D eigenvalue weighted by molar-refractivity contribution is -0.0260. The third kappa shape index (κ3) is 4.07. The van der Waals surface area contributed by atoms with Crippen molar-refractivity contribution in [3.05, 3.63) is 36.2 Å². The first kappa shape index (κ1) is 16.8. The molecule has 2 atom stereocenters. The second-order valence-corrected chi connectivity index (χ2v) is 6.24. The highest BCUT2D eigenvalue weighted by Crippen LogP contribution is 2.18. The number of aromatic nitrogens is 3. The van der Waals surface area contributed by atoms with Crippen molar-refractivity contribution in [2.75, 3.05) is 32.1 Å². The highest BCUT2D eigenvalue weighted by atomic mass is 16.5. The van der Waals surface area contributed by atoms with Gasteiger partial charge in [-0.25, -0.2) is 9.97 Å². The summed E-state index contributed by atoms with van der Waals surface area (Å²) in [5, 5.41) is 3.49. The van der Waals surface area contributed by atoms with E-state index < -0.39 is 0 Å². The van der Waals surface area contributed by atoms with Gasteiger partial charge in [-0.2, -0.15) is 0 Å². The van der Waals surface area contributed by atoms with Gasteiger partial charge in [-0.05, 0) is 32.5 Å². The van der Waals surface area contributed by atoms with Crippen LogP contribution in [0.15, 0.2) is 30.5 Å². The molecule has 3 rings (SSSR count). The van der Waals surface area contributed by atoms with Gasteiger partial charge in [0.1, 0.15) is 11.5 Å². The maximum atomic E-state index is 5.89. The largest absolute Gasteiger partial charge is 0.373 e. The van der Waals surface area contributed by atoms with Gasteiger partial charge in [-0.1, -0.05) is 13.0 Å². The Morgan fingerprint density at radius 1 is 1.38 bits per heavy atom. The number of ether oxygens (including phenoxy) is 1. The summed E-state index contributed by atoms with van der Waals surface area (Å²) in [6.45, 7) is 6.92. The monoisotopic (exact) mass is 327 g/mol. The lowest BCUT2D eigenvalue weighted by atomic mass is 10.1. The van der Waals surface area contributed by atoms with Crippen molar-refractivity contribution in [1.82, 2.24) is 19.9 Å². The Bertz CT molecular complexity index is 664. The van der Waals surface area contributed by atoms with Gasteiger partial charge in [0.15, 0.2) is 5.82 Å². The molecule has 2 aromatic heterocycles. The third-order valence-electron chi connectivity index (χ3n) is 4.27. The van der Waals surface area contributed by atoms with E-state index in [2.05, 4.69) is 46.1 Å². The Morgan fingerprint density at radius 2 is 2.25 bits per heavy atom. The molecule has 1 N–H and O–H groups in total. The maximum Gasteiger partial charge on any atom is 0.180 e. The van der Waals surface area contributed by atoms with Crippen LogP contribution in [-0.4, -0.2) is 58.7 Å². The number of anilines is 1. The van der Waals surface area contributed by atoms with Crippen LogP contribution in [0.1, 0.15) is 19.5 Å². The lowest BCUT2D eigenvalue weighted by Crippen LogP contribution is -2.47.